The molecular formula is C20H32N4O3S. The Morgan fingerprint density at radius 3 is 2.29 bits per heavy atom. The number of amides is 3. The van der Waals surface area contributed by atoms with Gasteiger partial charge in [-0.05, 0) is 43.3 Å². The second-order valence-electron chi connectivity index (χ2n) is 8.60. The number of carbonyl (C=O) groups is 3. The lowest BCUT2D eigenvalue weighted by molar-refractivity contribution is -0.140. The molecule has 0 aromatic rings. The summed E-state index contributed by atoms with van der Waals surface area (Å²) in [6, 6.07) is 0.309. The average Bonchev–Trinajstić information content (AvgIpc) is 2.93. The zero-order valence-electron chi connectivity index (χ0n) is 16.8. The molecule has 28 heavy (non-hydrogen) atoms. The molecule has 0 aromatic heterocycles. The Morgan fingerprint density at radius 1 is 1.00 bits per heavy atom. The smallest absolute Gasteiger partial charge is 0.240 e. The summed E-state index contributed by atoms with van der Waals surface area (Å²) in [6.07, 6.45) is 7.15. The molecule has 2 aliphatic carbocycles. The van der Waals surface area contributed by atoms with Crippen LogP contribution in [0.25, 0.3) is 0 Å². The zero-order valence-corrected chi connectivity index (χ0v) is 17.6. The summed E-state index contributed by atoms with van der Waals surface area (Å²) in [5.41, 5.74) is 5.32. The predicted molar refractivity (Wildman–Crippen MR) is 110 cm³/mol. The van der Waals surface area contributed by atoms with Crippen molar-refractivity contribution in [3.05, 3.63) is 0 Å². The van der Waals surface area contributed by atoms with Gasteiger partial charge in [0.05, 0.1) is 11.8 Å². The van der Waals surface area contributed by atoms with Crippen LogP contribution in [0.1, 0.15) is 65.2 Å². The molecule has 3 fully saturated rings. The Balaban J connectivity index is 1.39. The number of likely N-dealkylation sites (tertiary alicyclic amines) is 1. The minimum Gasteiger partial charge on any atom is -0.358 e. The first kappa shape index (κ1) is 21.0. The zero-order chi connectivity index (χ0) is 20.3. The second kappa shape index (κ2) is 9.20. The van der Waals surface area contributed by atoms with Gasteiger partial charge in [0, 0.05) is 19.0 Å². The van der Waals surface area contributed by atoms with Crippen LogP contribution in [0.5, 0.6) is 0 Å². The van der Waals surface area contributed by atoms with E-state index >= 15 is 0 Å². The molecule has 0 unspecified atom stereocenters. The topological polar surface area (TPSA) is 90.5 Å². The molecule has 3 rings (SSSR count). The van der Waals surface area contributed by atoms with Gasteiger partial charge in [0.15, 0.2) is 5.11 Å². The van der Waals surface area contributed by atoms with E-state index in [1.54, 1.807) is 0 Å². The molecule has 0 aromatic carbocycles. The number of thiocarbonyl (C=S) groups is 1. The quantitative estimate of drug-likeness (QED) is 0.374. The van der Waals surface area contributed by atoms with Crippen LogP contribution in [0, 0.1) is 23.7 Å². The highest BCUT2D eigenvalue weighted by Gasteiger charge is 2.47. The number of hydrogen-bond donors (Lipinski definition) is 3. The molecule has 3 N–H and O–H groups in total. The van der Waals surface area contributed by atoms with Gasteiger partial charge < -0.3 is 5.32 Å². The van der Waals surface area contributed by atoms with Crippen LogP contribution in [-0.4, -0.2) is 40.3 Å². The van der Waals surface area contributed by atoms with Crippen molar-refractivity contribution in [2.75, 3.05) is 6.54 Å². The summed E-state index contributed by atoms with van der Waals surface area (Å²) < 4.78 is 0. The van der Waals surface area contributed by atoms with Crippen molar-refractivity contribution in [3.63, 3.8) is 0 Å². The van der Waals surface area contributed by atoms with E-state index in [9.17, 15) is 14.4 Å². The molecule has 3 aliphatic rings. The predicted octanol–water partition coefficient (Wildman–Crippen LogP) is 1.87. The van der Waals surface area contributed by atoms with Crippen molar-refractivity contribution in [3.8, 4) is 0 Å². The largest absolute Gasteiger partial charge is 0.358 e. The number of rotatable bonds is 4. The highest BCUT2D eigenvalue weighted by atomic mass is 32.1. The monoisotopic (exact) mass is 408 g/mol. The molecule has 5 atom stereocenters. The lowest BCUT2D eigenvalue weighted by atomic mass is 9.78. The van der Waals surface area contributed by atoms with Crippen LogP contribution in [0.3, 0.4) is 0 Å². The van der Waals surface area contributed by atoms with Gasteiger partial charge in [0.25, 0.3) is 0 Å². The maximum Gasteiger partial charge on any atom is 0.240 e. The van der Waals surface area contributed by atoms with Gasteiger partial charge in [-0.25, -0.2) is 0 Å². The second-order valence-corrected chi connectivity index (χ2v) is 9.00. The van der Waals surface area contributed by atoms with Crippen molar-refractivity contribution < 1.29 is 14.4 Å². The van der Waals surface area contributed by atoms with Crippen molar-refractivity contribution in [2.45, 2.75) is 71.3 Å². The summed E-state index contributed by atoms with van der Waals surface area (Å²) in [7, 11) is 0. The van der Waals surface area contributed by atoms with E-state index in [-0.39, 0.29) is 42.5 Å². The number of imide groups is 1. The van der Waals surface area contributed by atoms with Gasteiger partial charge in [-0.3, -0.25) is 30.1 Å². The minimum absolute atomic E-state index is 0.0728. The van der Waals surface area contributed by atoms with Crippen LogP contribution >= 0.6 is 12.2 Å². The standard InChI is InChI=1S/C20H32N4O3S/c1-12-6-5-9-16(13(12)2)21-20(28)23-22-17(25)10-11-24-18(26)14-7-3-4-8-15(14)19(24)27/h12-16H,3-11H2,1-2H3,(H,22,25)(H2,21,23,28)/t12-,13-,14-,15+,16+/m1/s1. The Kier molecular flexibility index (Phi) is 6.91. The highest BCUT2D eigenvalue weighted by molar-refractivity contribution is 7.80. The van der Waals surface area contributed by atoms with E-state index in [2.05, 4.69) is 30.0 Å². The van der Waals surface area contributed by atoms with Crippen LogP contribution in [0.4, 0.5) is 0 Å². The molecule has 8 heteroatoms. The Morgan fingerprint density at radius 2 is 1.64 bits per heavy atom. The molecule has 0 spiro atoms. The summed E-state index contributed by atoms with van der Waals surface area (Å²) in [6.45, 7) is 4.62. The fourth-order valence-electron chi connectivity index (χ4n) is 4.84. The van der Waals surface area contributed by atoms with E-state index in [1.165, 1.54) is 17.7 Å². The lowest BCUT2D eigenvalue weighted by Gasteiger charge is -2.35. The first-order valence-electron chi connectivity index (χ1n) is 10.6. The van der Waals surface area contributed by atoms with E-state index in [4.69, 9.17) is 12.2 Å². The van der Waals surface area contributed by atoms with Crippen molar-refractivity contribution >= 4 is 35.1 Å². The van der Waals surface area contributed by atoms with Crippen molar-refractivity contribution in [1.82, 2.24) is 21.1 Å². The first-order valence-corrected chi connectivity index (χ1v) is 11.0. The van der Waals surface area contributed by atoms with Crippen LogP contribution in [-0.2, 0) is 14.4 Å². The molecule has 1 aliphatic heterocycles. The van der Waals surface area contributed by atoms with E-state index < -0.39 is 0 Å². The van der Waals surface area contributed by atoms with Gasteiger partial charge in [0.2, 0.25) is 17.7 Å². The molecule has 3 amide bonds. The maximum atomic E-state index is 12.4. The Bertz CT molecular complexity index is 617. The fourth-order valence-corrected chi connectivity index (χ4v) is 5.05. The van der Waals surface area contributed by atoms with Gasteiger partial charge in [-0.15, -0.1) is 0 Å². The molecule has 1 heterocycles. The minimum atomic E-state index is -0.287. The van der Waals surface area contributed by atoms with E-state index in [0.717, 1.165) is 32.1 Å². The van der Waals surface area contributed by atoms with Crippen molar-refractivity contribution in [1.29, 1.82) is 0 Å². The lowest BCUT2D eigenvalue weighted by Crippen LogP contribution is -2.52. The number of nitrogens with one attached hydrogen (secondary N) is 3. The molecule has 7 nitrogen and oxygen atoms in total. The van der Waals surface area contributed by atoms with Crippen LogP contribution < -0.4 is 16.2 Å². The van der Waals surface area contributed by atoms with Gasteiger partial charge >= 0.3 is 0 Å². The molecule has 0 radical (unpaired) electrons. The van der Waals surface area contributed by atoms with E-state index in [1.807, 2.05) is 0 Å². The van der Waals surface area contributed by atoms with Crippen LogP contribution in [0.2, 0.25) is 0 Å². The molecule has 1 saturated heterocycles. The number of hydrogen-bond acceptors (Lipinski definition) is 4. The SMILES string of the molecule is C[C@@H]1[C@H](C)CCC[C@@H]1NC(=S)NNC(=O)CCN1C(=O)[C@H]2CCCC[C@H]2C1=O. The maximum absolute atomic E-state index is 12.4. The summed E-state index contributed by atoms with van der Waals surface area (Å²) in [5, 5.41) is 3.69. The average molecular weight is 409 g/mol. The van der Waals surface area contributed by atoms with Gasteiger partial charge in [-0.2, -0.15) is 0 Å². The highest BCUT2D eigenvalue weighted by Crippen LogP contribution is 2.38. The normalized spacial score (nSPS) is 32.6. The van der Waals surface area contributed by atoms with E-state index in [0.29, 0.717) is 23.0 Å². The number of hydrazine groups is 1. The molecular weight excluding hydrogens is 376 g/mol. The Hall–Kier alpha value is -1.70. The Labute approximate surface area is 172 Å². The molecule has 156 valence electrons. The fraction of sp³-hybridized carbons (Fsp3) is 0.800. The number of carbonyl (C=O) groups excluding carboxylic acids is 3. The van der Waals surface area contributed by atoms with Gasteiger partial charge in [-0.1, -0.05) is 39.5 Å². The third kappa shape index (κ3) is 4.64. The third-order valence-electron chi connectivity index (χ3n) is 6.83. The van der Waals surface area contributed by atoms with Gasteiger partial charge in [0.1, 0.15) is 0 Å². The molecule has 2 saturated carbocycles. The van der Waals surface area contributed by atoms with Crippen molar-refractivity contribution in [2.24, 2.45) is 23.7 Å². The summed E-state index contributed by atoms with van der Waals surface area (Å²) in [4.78, 5) is 38.3. The van der Waals surface area contributed by atoms with Crippen LogP contribution in [0.15, 0.2) is 0 Å². The number of nitrogens with zero attached hydrogens (tertiary/aromatic N) is 1. The number of fused-ring (bicyclic) bond motifs is 1. The molecule has 0 bridgehead atoms. The first-order chi connectivity index (χ1) is 13.4. The summed E-state index contributed by atoms with van der Waals surface area (Å²) >= 11 is 5.29. The third-order valence-corrected chi connectivity index (χ3v) is 7.05. The summed E-state index contributed by atoms with van der Waals surface area (Å²) in [5.74, 6) is 0.353.